The van der Waals surface area contributed by atoms with E-state index >= 15 is 0 Å². The van der Waals surface area contributed by atoms with Gasteiger partial charge in [-0.2, -0.15) is 0 Å². The van der Waals surface area contributed by atoms with E-state index in [4.69, 9.17) is 0 Å². The lowest BCUT2D eigenvalue weighted by molar-refractivity contribution is 0.169. The zero-order chi connectivity index (χ0) is 12.5. The lowest BCUT2D eigenvalue weighted by Crippen LogP contribution is -2.44. The molecular weight excluding hydrogens is 240 g/mol. The summed E-state index contributed by atoms with van der Waals surface area (Å²) in [6.45, 7) is 0. The van der Waals surface area contributed by atoms with Gasteiger partial charge in [0.1, 0.15) is 0 Å². The molecule has 0 radical (unpaired) electrons. The SMILES string of the molecule is CSc1cccc(NC2CC3CCC(C2)N3C)c1. The van der Waals surface area contributed by atoms with Gasteiger partial charge in [-0.05, 0) is 57.2 Å². The second-order valence-corrected chi connectivity index (χ2v) is 6.47. The molecule has 0 saturated carbocycles. The molecule has 2 atom stereocenters. The highest BCUT2D eigenvalue weighted by Crippen LogP contribution is 2.35. The van der Waals surface area contributed by atoms with Gasteiger partial charge in [0, 0.05) is 28.7 Å². The second kappa shape index (κ2) is 5.14. The smallest absolute Gasteiger partial charge is 0.0353 e. The van der Waals surface area contributed by atoms with E-state index in [1.807, 2.05) is 11.8 Å². The van der Waals surface area contributed by atoms with Crippen LogP contribution in [0, 0.1) is 0 Å². The first-order valence-corrected chi connectivity index (χ1v) is 8.11. The maximum Gasteiger partial charge on any atom is 0.0353 e. The summed E-state index contributed by atoms with van der Waals surface area (Å²) in [7, 11) is 2.30. The average molecular weight is 262 g/mol. The molecule has 2 aliphatic rings. The molecule has 1 aromatic rings. The monoisotopic (exact) mass is 262 g/mol. The van der Waals surface area contributed by atoms with Gasteiger partial charge >= 0.3 is 0 Å². The fourth-order valence-corrected chi connectivity index (χ4v) is 3.94. The number of piperidine rings is 1. The van der Waals surface area contributed by atoms with E-state index in [0.717, 1.165) is 12.1 Å². The molecule has 98 valence electrons. The van der Waals surface area contributed by atoms with Gasteiger partial charge in [-0.15, -0.1) is 11.8 Å². The summed E-state index contributed by atoms with van der Waals surface area (Å²) in [5.74, 6) is 0. The van der Waals surface area contributed by atoms with E-state index in [2.05, 4.69) is 47.8 Å². The van der Waals surface area contributed by atoms with Crippen LogP contribution in [0.5, 0.6) is 0 Å². The Morgan fingerprint density at radius 2 is 1.94 bits per heavy atom. The standard InChI is InChI=1S/C15H22N2S/c1-17-13-6-7-14(17)9-12(8-13)16-11-4-3-5-15(10-11)18-2/h3-5,10,12-14,16H,6-9H2,1-2H3. The minimum atomic E-state index is 0.663. The van der Waals surface area contributed by atoms with Gasteiger partial charge in [-0.3, -0.25) is 0 Å². The first-order valence-electron chi connectivity index (χ1n) is 6.89. The van der Waals surface area contributed by atoms with Crippen molar-refractivity contribution >= 4 is 17.4 Å². The van der Waals surface area contributed by atoms with Crippen LogP contribution in [0.4, 0.5) is 5.69 Å². The highest BCUT2D eigenvalue weighted by atomic mass is 32.2. The van der Waals surface area contributed by atoms with Crippen LogP contribution in [-0.4, -0.2) is 36.3 Å². The highest BCUT2D eigenvalue weighted by Gasteiger charge is 2.38. The largest absolute Gasteiger partial charge is 0.382 e. The minimum Gasteiger partial charge on any atom is -0.382 e. The summed E-state index contributed by atoms with van der Waals surface area (Å²) in [6.07, 6.45) is 7.52. The summed E-state index contributed by atoms with van der Waals surface area (Å²) < 4.78 is 0. The number of fused-ring (bicyclic) bond motifs is 2. The average Bonchev–Trinajstić information content (AvgIpc) is 2.62. The Morgan fingerprint density at radius 3 is 2.61 bits per heavy atom. The van der Waals surface area contributed by atoms with Crippen molar-refractivity contribution < 1.29 is 0 Å². The Balaban J connectivity index is 1.66. The predicted molar refractivity (Wildman–Crippen MR) is 79.4 cm³/mol. The van der Waals surface area contributed by atoms with Gasteiger partial charge in [0.05, 0.1) is 0 Å². The molecule has 3 rings (SSSR count). The van der Waals surface area contributed by atoms with Gasteiger partial charge in [0.25, 0.3) is 0 Å². The first-order chi connectivity index (χ1) is 8.76. The number of benzene rings is 1. The third-order valence-corrected chi connectivity index (χ3v) is 5.26. The van der Waals surface area contributed by atoms with Gasteiger partial charge in [-0.25, -0.2) is 0 Å². The molecule has 1 aromatic carbocycles. The normalized spacial score (nSPS) is 31.6. The van der Waals surface area contributed by atoms with E-state index in [-0.39, 0.29) is 0 Å². The number of hydrogen-bond donors (Lipinski definition) is 1. The molecule has 2 aliphatic heterocycles. The molecule has 2 unspecified atom stereocenters. The van der Waals surface area contributed by atoms with E-state index in [1.165, 1.54) is 36.3 Å². The topological polar surface area (TPSA) is 15.3 Å². The highest BCUT2D eigenvalue weighted by molar-refractivity contribution is 7.98. The molecule has 2 bridgehead atoms. The van der Waals surface area contributed by atoms with Crippen molar-refractivity contribution in [2.45, 2.75) is 48.7 Å². The van der Waals surface area contributed by atoms with E-state index in [9.17, 15) is 0 Å². The number of rotatable bonds is 3. The van der Waals surface area contributed by atoms with Crippen molar-refractivity contribution in [3.8, 4) is 0 Å². The van der Waals surface area contributed by atoms with Crippen molar-refractivity contribution in [3.63, 3.8) is 0 Å². The Morgan fingerprint density at radius 1 is 1.22 bits per heavy atom. The van der Waals surface area contributed by atoms with Crippen LogP contribution < -0.4 is 5.32 Å². The van der Waals surface area contributed by atoms with Crippen LogP contribution >= 0.6 is 11.8 Å². The zero-order valence-corrected chi connectivity index (χ0v) is 12.0. The second-order valence-electron chi connectivity index (χ2n) is 5.60. The molecule has 2 fully saturated rings. The summed E-state index contributed by atoms with van der Waals surface area (Å²) in [6, 6.07) is 11.1. The van der Waals surface area contributed by atoms with Crippen molar-refractivity contribution in [1.29, 1.82) is 0 Å². The third-order valence-electron chi connectivity index (χ3n) is 4.54. The summed E-state index contributed by atoms with van der Waals surface area (Å²) in [5, 5.41) is 3.74. The maximum absolute atomic E-state index is 3.74. The van der Waals surface area contributed by atoms with Crippen LogP contribution in [0.25, 0.3) is 0 Å². The van der Waals surface area contributed by atoms with E-state index < -0.39 is 0 Å². The fraction of sp³-hybridized carbons (Fsp3) is 0.600. The Hall–Kier alpha value is -0.670. The van der Waals surface area contributed by atoms with E-state index in [0.29, 0.717) is 6.04 Å². The number of nitrogens with zero attached hydrogens (tertiary/aromatic N) is 1. The lowest BCUT2D eigenvalue weighted by Gasteiger charge is -2.37. The number of anilines is 1. The quantitative estimate of drug-likeness (QED) is 0.840. The molecule has 0 amide bonds. The Kier molecular flexibility index (Phi) is 3.53. The molecule has 0 aromatic heterocycles. The van der Waals surface area contributed by atoms with Crippen molar-refractivity contribution in [3.05, 3.63) is 24.3 Å². The molecule has 2 nitrogen and oxygen atoms in total. The van der Waals surface area contributed by atoms with Gasteiger partial charge in [-0.1, -0.05) is 6.07 Å². The van der Waals surface area contributed by atoms with Gasteiger partial charge in [0.2, 0.25) is 0 Å². The molecule has 0 aliphatic carbocycles. The van der Waals surface area contributed by atoms with Crippen LogP contribution in [-0.2, 0) is 0 Å². The molecule has 0 spiro atoms. The minimum absolute atomic E-state index is 0.663. The fourth-order valence-electron chi connectivity index (χ4n) is 3.48. The molecule has 1 N–H and O–H groups in total. The number of thioether (sulfide) groups is 1. The molecule has 2 saturated heterocycles. The zero-order valence-electron chi connectivity index (χ0n) is 11.2. The van der Waals surface area contributed by atoms with Crippen molar-refractivity contribution in [2.75, 3.05) is 18.6 Å². The third kappa shape index (κ3) is 2.39. The predicted octanol–water partition coefficient (Wildman–Crippen LogP) is 3.45. The lowest BCUT2D eigenvalue weighted by atomic mass is 9.98. The summed E-state index contributed by atoms with van der Waals surface area (Å²) in [4.78, 5) is 3.94. The summed E-state index contributed by atoms with van der Waals surface area (Å²) >= 11 is 1.81. The molecular formula is C15H22N2S. The van der Waals surface area contributed by atoms with Gasteiger partial charge in [0.15, 0.2) is 0 Å². The van der Waals surface area contributed by atoms with Crippen LogP contribution in [0.1, 0.15) is 25.7 Å². The summed E-state index contributed by atoms with van der Waals surface area (Å²) in [5.41, 5.74) is 1.29. The Labute approximate surface area is 114 Å². The number of nitrogens with one attached hydrogen (secondary N) is 1. The first kappa shape index (κ1) is 12.4. The maximum atomic E-state index is 3.74. The number of hydrogen-bond acceptors (Lipinski definition) is 3. The van der Waals surface area contributed by atoms with Gasteiger partial charge < -0.3 is 10.2 Å². The molecule has 3 heteroatoms. The van der Waals surface area contributed by atoms with E-state index in [1.54, 1.807) is 0 Å². The van der Waals surface area contributed by atoms with Crippen LogP contribution in [0.2, 0.25) is 0 Å². The van der Waals surface area contributed by atoms with Crippen LogP contribution in [0.3, 0.4) is 0 Å². The van der Waals surface area contributed by atoms with Crippen LogP contribution in [0.15, 0.2) is 29.2 Å². The van der Waals surface area contributed by atoms with Crippen molar-refractivity contribution in [2.24, 2.45) is 0 Å². The molecule has 18 heavy (non-hydrogen) atoms. The van der Waals surface area contributed by atoms with Crippen molar-refractivity contribution in [1.82, 2.24) is 4.90 Å². The Bertz CT molecular complexity index is 407. The molecule has 2 heterocycles.